The molecule has 1 saturated heterocycles. The summed E-state index contributed by atoms with van der Waals surface area (Å²) in [6.07, 6.45) is 1.23. The van der Waals surface area contributed by atoms with E-state index in [-0.39, 0.29) is 29.4 Å². The highest BCUT2D eigenvalue weighted by molar-refractivity contribution is 6.20. The van der Waals surface area contributed by atoms with E-state index in [4.69, 9.17) is 21.1 Å². The van der Waals surface area contributed by atoms with Gasteiger partial charge in [0.05, 0.1) is 26.3 Å². The number of benzene rings is 1. The minimum atomic E-state index is -1.09. The summed E-state index contributed by atoms with van der Waals surface area (Å²) in [5.41, 5.74) is 2.30. The van der Waals surface area contributed by atoms with E-state index in [2.05, 4.69) is 15.5 Å². The third-order valence-corrected chi connectivity index (χ3v) is 6.15. The van der Waals surface area contributed by atoms with Crippen LogP contribution in [0, 0.1) is 0 Å². The Morgan fingerprint density at radius 2 is 1.93 bits per heavy atom. The van der Waals surface area contributed by atoms with E-state index in [0.717, 1.165) is 18.5 Å². The average Bonchev–Trinajstić information content (AvgIpc) is 2.71. The molecule has 1 fully saturated rings. The van der Waals surface area contributed by atoms with E-state index in [9.17, 15) is 14.7 Å². The molecule has 9 heteroatoms. The molecule has 1 aromatic carbocycles. The highest BCUT2D eigenvalue weighted by atomic mass is 35.5. The molecule has 30 heavy (non-hydrogen) atoms. The van der Waals surface area contributed by atoms with Crippen LogP contribution in [0.5, 0.6) is 11.5 Å². The molecule has 0 radical (unpaired) electrons. The molecule has 2 heterocycles. The van der Waals surface area contributed by atoms with Crippen LogP contribution in [0.25, 0.3) is 0 Å². The quantitative estimate of drug-likeness (QED) is 0.564. The van der Waals surface area contributed by atoms with Crippen molar-refractivity contribution < 1.29 is 24.2 Å². The number of carbonyl (C=O) groups excluding carboxylic acids is 1. The largest absolute Gasteiger partial charge is 0.493 e. The average molecular weight is 440 g/mol. The van der Waals surface area contributed by atoms with Crippen LogP contribution in [-0.2, 0) is 11.2 Å². The van der Waals surface area contributed by atoms with Crippen molar-refractivity contribution in [2.75, 3.05) is 27.3 Å². The van der Waals surface area contributed by atoms with Gasteiger partial charge in [-0.2, -0.15) is 0 Å². The molecule has 2 amide bonds. The molecular weight excluding hydrogens is 410 g/mol. The Hall–Kier alpha value is -2.19. The monoisotopic (exact) mass is 439 g/mol. The molecule has 4 unspecified atom stereocenters. The standard InChI is InChI=1S/C21H30ClN3O5/c1-12(22)4-5-20(26)23-16-11-25-7-6-13-8-18(29-2)19(30-3)9-14(13)17(25)10-15(16)24-21(27)28/h8-9,12,15-17,24H,4-7,10-11H2,1-3H3,(H,23,26)(H,27,28). The molecule has 166 valence electrons. The second kappa shape index (κ2) is 9.75. The molecule has 0 saturated carbocycles. The van der Waals surface area contributed by atoms with Gasteiger partial charge in [0, 0.05) is 30.9 Å². The first kappa shape index (κ1) is 22.5. The summed E-state index contributed by atoms with van der Waals surface area (Å²) < 4.78 is 10.9. The fourth-order valence-electron chi connectivity index (χ4n) is 4.43. The van der Waals surface area contributed by atoms with Crippen molar-refractivity contribution in [3.05, 3.63) is 23.3 Å². The Bertz CT molecular complexity index is 788. The van der Waals surface area contributed by atoms with E-state index in [1.165, 1.54) is 5.56 Å². The predicted octanol–water partition coefficient (Wildman–Crippen LogP) is 2.54. The number of amides is 2. The Kier molecular flexibility index (Phi) is 7.31. The highest BCUT2D eigenvalue weighted by Crippen LogP contribution is 2.41. The fraction of sp³-hybridized carbons (Fsp3) is 0.619. The van der Waals surface area contributed by atoms with Crippen LogP contribution < -0.4 is 20.1 Å². The van der Waals surface area contributed by atoms with E-state index >= 15 is 0 Å². The number of carbonyl (C=O) groups is 2. The van der Waals surface area contributed by atoms with Crippen LogP contribution in [-0.4, -0.2) is 66.8 Å². The summed E-state index contributed by atoms with van der Waals surface area (Å²) in [4.78, 5) is 26.1. The molecular formula is C21H30ClN3O5. The normalized spacial score (nSPS) is 24.2. The van der Waals surface area contributed by atoms with Gasteiger partial charge in [0.1, 0.15) is 0 Å². The molecule has 0 spiro atoms. The lowest BCUT2D eigenvalue weighted by Gasteiger charge is -2.47. The van der Waals surface area contributed by atoms with Crippen molar-refractivity contribution in [2.45, 2.75) is 56.1 Å². The van der Waals surface area contributed by atoms with Gasteiger partial charge in [0.25, 0.3) is 0 Å². The Balaban J connectivity index is 1.81. The first-order valence-electron chi connectivity index (χ1n) is 10.2. The zero-order valence-electron chi connectivity index (χ0n) is 17.6. The number of fused-ring (bicyclic) bond motifs is 3. The minimum Gasteiger partial charge on any atom is -0.493 e. The van der Waals surface area contributed by atoms with E-state index < -0.39 is 6.09 Å². The fourth-order valence-corrected chi connectivity index (χ4v) is 4.54. The van der Waals surface area contributed by atoms with Crippen LogP contribution in [0.15, 0.2) is 12.1 Å². The highest BCUT2D eigenvalue weighted by Gasteiger charge is 2.40. The van der Waals surface area contributed by atoms with Gasteiger partial charge >= 0.3 is 6.09 Å². The van der Waals surface area contributed by atoms with Crippen LogP contribution in [0.1, 0.15) is 43.4 Å². The molecule has 2 aliphatic heterocycles. The number of halogens is 1. The van der Waals surface area contributed by atoms with Gasteiger partial charge < -0.3 is 25.2 Å². The molecule has 2 aliphatic rings. The number of alkyl halides is 1. The summed E-state index contributed by atoms with van der Waals surface area (Å²) in [6, 6.07) is 3.36. The SMILES string of the molecule is COc1cc2c(cc1OC)C1CC(NC(=O)O)C(NC(=O)CCC(C)Cl)CN1CC2. The van der Waals surface area contributed by atoms with Gasteiger partial charge in [-0.1, -0.05) is 0 Å². The smallest absolute Gasteiger partial charge is 0.404 e. The zero-order chi connectivity index (χ0) is 21.8. The first-order chi connectivity index (χ1) is 14.3. The predicted molar refractivity (Wildman–Crippen MR) is 114 cm³/mol. The summed E-state index contributed by atoms with van der Waals surface area (Å²) >= 11 is 5.95. The van der Waals surface area contributed by atoms with Crippen LogP contribution in [0.2, 0.25) is 0 Å². The maximum atomic E-state index is 12.4. The molecule has 4 atom stereocenters. The van der Waals surface area contributed by atoms with Crippen LogP contribution in [0.3, 0.4) is 0 Å². The van der Waals surface area contributed by atoms with Crippen molar-refractivity contribution in [1.82, 2.24) is 15.5 Å². The molecule has 3 N–H and O–H groups in total. The maximum Gasteiger partial charge on any atom is 0.404 e. The number of hydrogen-bond acceptors (Lipinski definition) is 5. The van der Waals surface area contributed by atoms with Gasteiger partial charge in [-0.25, -0.2) is 4.79 Å². The number of rotatable bonds is 7. The Morgan fingerprint density at radius 3 is 2.57 bits per heavy atom. The number of methoxy groups -OCH3 is 2. The number of hydrogen-bond donors (Lipinski definition) is 3. The summed E-state index contributed by atoms with van der Waals surface area (Å²) in [7, 11) is 3.22. The van der Waals surface area contributed by atoms with Gasteiger partial charge in [0.15, 0.2) is 11.5 Å². The summed E-state index contributed by atoms with van der Waals surface area (Å²) in [6.45, 7) is 3.26. The Labute approximate surface area is 181 Å². The first-order valence-corrected chi connectivity index (χ1v) is 10.7. The maximum absolute atomic E-state index is 12.4. The van der Waals surface area contributed by atoms with Crippen molar-refractivity contribution in [1.29, 1.82) is 0 Å². The van der Waals surface area contributed by atoms with Crippen molar-refractivity contribution in [2.24, 2.45) is 0 Å². The van der Waals surface area contributed by atoms with Gasteiger partial charge in [-0.15, -0.1) is 11.6 Å². The van der Waals surface area contributed by atoms with Crippen LogP contribution in [0.4, 0.5) is 4.79 Å². The molecule has 0 aromatic heterocycles. The van der Waals surface area contributed by atoms with E-state index in [1.54, 1.807) is 14.2 Å². The molecule has 1 aromatic rings. The van der Waals surface area contributed by atoms with E-state index in [0.29, 0.717) is 37.3 Å². The molecule has 0 bridgehead atoms. The third kappa shape index (κ3) is 5.10. The van der Waals surface area contributed by atoms with Crippen molar-refractivity contribution >= 4 is 23.6 Å². The number of nitrogens with one attached hydrogen (secondary N) is 2. The zero-order valence-corrected chi connectivity index (χ0v) is 18.4. The summed E-state index contributed by atoms with van der Waals surface area (Å²) in [5, 5.41) is 14.9. The molecule has 3 rings (SSSR count). The van der Waals surface area contributed by atoms with Crippen molar-refractivity contribution in [3.8, 4) is 11.5 Å². The third-order valence-electron chi connectivity index (χ3n) is 5.93. The van der Waals surface area contributed by atoms with Gasteiger partial charge in [0.2, 0.25) is 5.91 Å². The number of nitrogens with zero attached hydrogens (tertiary/aromatic N) is 1. The second-order valence-electron chi connectivity index (χ2n) is 7.95. The van der Waals surface area contributed by atoms with E-state index in [1.807, 2.05) is 19.1 Å². The number of piperidine rings is 1. The minimum absolute atomic E-state index is 0.0430. The second-order valence-corrected chi connectivity index (χ2v) is 8.70. The summed E-state index contributed by atoms with van der Waals surface area (Å²) in [5.74, 6) is 1.25. The topological polar surface area (TPSA) is 100 Å². The lowest BCUT2D eigenvalue weighted by Crippen LogP contribution is -2.62. The Morgan fingerprint density at radius 1 is 1.23 bits per heavy atom. The number of ether oxygens (including phenoxy) is 2. The molecule has 8 nitrogen and oxygen atoms in total. The number of carboxylic acid groups (broad SMARTS) is 1. The van der Waals surface area contributed by atoms with Crippen LogP contribution >= 0.6 is 11.6 Å². The van der Waals surface area contributed by atoms with Crippen molar-refractivity contribution in [3.63, 3.8) is 0 Å². The molecule has 0 aliphatic carbocycles. The van der Waals surface area contributed by atoms with Gasteiger partial charge in [-0.05, 0) is 49.4 Å². The van der Waals surface area contributed by atoms with Gasteiger partial charge in [-0.3, -0.25) is 9.69 Å². The lowest BCUT2D eigenvalue weighted by atomic mass is 9.83. The lowest BCUT2D eigenvalue weighted by molar-refractivity contribution is -0.122.